The Morgan fingerprint density at radius 3 is 1.00 bits per heavy atom. The highest BCUT2D eigenvalue weighted by Crippen LogP contribution is 2.50. The van der Waals surface area contributed by atoms with Crippen LogP contribution >= 0.6 is 0 Å². The summed E-state index contributed by atoms with van der Waals surface area (Å²) in [5, 5.41) is 14.7. The molecule has 0 aliphatic rings. The smallest absolute Gasteiger partial charge is 0.309 e. The van der Waals surface area contributed by atoms with E-state index in [2.05, 4.69) is 181 Å². The van der Waals surface area contributed by atoms with Gasteiger partial charge in [0.15, 0.2) is 5.69 Å². The van der Waals surface area contributed by atoms with Gasteiger partial charge in [-0.05, 0) is 109 Å². The molecule has 0 radical (unpaired) electrons. The molecule has 0 N–H and O–H groups in total. The van der Waals surface area contributed by atoms with Crippen LogP contribution in [0.2, 0.25) is 0 Å². The summed E-state index contributed by atoms with van der Waals surface area (Å²) in [5.41, 5.74) is 14.5. The summed E-state index contributed by atoms with van der Waals surface area (Å²) in [6.45, 7) is 16.7. The lowest BCUT2D eigenvalue weighted by Gasteiger charge is -2.24. The predicted molar refractivity (Wildman–Crippen MR) is 297 cm³/mol. The summed E-state index contributed by atoms with van der Waals surface area (Å²) in [4.78, 5) is 3.87. The van der Waals surface area contributed by atoms with Crippen molar-refractivity contribution in [2.75, 3.05) is 0 Å². The first-order valence-corrected chi connectivity index (χ1v) is 24.5. The molecule has 0 unspecified atom stereocenters. The fraction of sp³-hybridized carbons (Fsp3) is 0.0746. The number of aromatic nitrogens is 2. The highest BCUT2D eigenvalue weighted by molar-refractivity contribution is 6.14. The second-order valence-corrected chi connectivity index (χ2v) is 19.4. The van der Waals surface area contributed by atoms with Crippen molar-refractivity contribution < 1.29 is 13.2 Å². The van der Waals surface area contributed by atoms with Gasteiger partial charge in [0, 0.05) is 32.7 Å². The van der Waals surface area contributed by atoms with Gasteiger partial charge in [0.25, 0.3) is 0 Å². The van der Waals surface area contributed by atoms with Crippen LogP contribution in [0.5, 0.6) is 0 Å². The molecule has 0 bridgehead atoms. The Morgan fingerprint density at radius 1 is 0.405 bits per heavy atom. The summed E-state index contributed by atoms with van der Waals surface area (Å²) < 4.78 is 52.2. The van der Waals surface area contributed by atoms with Gasteiger partial charge in [0.05, 0.1) is 57.2 Å². The van der Waals surface area contributed by atoms with E-state index < -0.39 is 11.7 Å². The van der Waals surface area contributed by atoms with Gasteiger partial charge in [-0.1, -0.05) is 186 Å². The Balaban J connectivity index is 1.29. The summed E-state index contributed by atoms with van der Waals surface area (Å²) in [7, 11) is 0. The normalized spacial score (nSPS) is 11.7. The van der Waals surface area contributed by atoms with Gasteiger partial charge >= 0.3 is 6.18 Å². The van der Waals surface area contributed by atoms with Gasteiger partial charge in [-0.3, -0.25) is 0 Å². The Labute approximate surface area is 426 Å². The zero-order chi connectivity index (χ0) is 51.0. The third-order valence-corrected chi connectivity index (χ3v) is 14.5. The maximum atomic E-state index is 16.1. The zero-order valence-corrected chi connectivity index (χ0v) is 41.0. The van der Waals surface area contributed by atoms with E-state index in [1.807, 2.05) is 36.8 Å². The van der Waals surface area contributed by atoms with E-state index in [9.17, 15) is 5.26 Å². The lowest BCUT2D eigenvalue weighted by Crippen LogP contribution is -2.11. The van der Waals surface area contributed by atoms with Crippen molar-refractivity contribution in [1.82, 2.24) is 9.13 Å². The zero-order valence-electron chi connectivity index (χ0n) is 41.0. The van der Waals surface area contributed by atoms with Crippen LogP contribution < -0.4 is 0 Å². The fourth-order valence-corrected chi connectivity index (χ4v) is 10.7. The molecule has 10 aromatic carbocycles. The molecule has 0 aliphatic heterocycles. The van der Waals surface area contributed by atoms with Crippen molar-refractivity contribution in [3.8, 4) is 73.1 Å². The van der Waals surface area contributed by atoms with E-state index >= 15 is 13.2 Å². The average Bonchev–Trinajstić information content (AvgIpc) is 3.93. The molecule has 2 heterocycles. The second-order valence-electron chi connectivity index (χ2n) is 19.4. The highest BCUT2D eigenvalue weighted by atomic mass is 19.4. The number of hydrogen-bond acceptors (Lipinski definition) is 1. The van der Waals surface area contributed by atoms with Crippen LogP contribution in [0.25, 0.3) is 115 Å². The molecule has 2 aromatic heterocycles. The monoisotopic (exact) mass is 962 g/mol. The predicted octanol–water partition coefficient (Wildman–Crippen LogP) is 18.9. The van der Waals surface area contributed by atoms with Crippen molar-refractivity contribution in [3.05, 3.63) is 245 Å². The van der Waals surface area contributed by atoms with E-state index in [4.69, 9.17) is 6.57 Å². The molecule has 0 saturated carbocycles. The number of nitrogens with zero attached hydrogens (tertiary/aromatic N) is 4. The Morgan fingerprint density at radius 2 is 0.716 bits per heavy atom. The van der Waals surface area contributed by atoms with E-state index in [0.29, 0.717) is 11.4 Å². The van der Waals surface area contributed by atoms with Crippen molar-refractivity contribution in [2.24, 2.45) is 0 Å². The van der Waals surface area contributed by atoms with Crippen LogP contribution in [0.3, 0.4) is 0 Å². The fourth-order valence-electron chi connectivity index (χ4n) is 10.7. The lowest BCUT2D eigenvalue weighted by atomic mass is 9.92. The van der Waals surface area contributed by atoms with Crippen LogP contribution in [-0.2, 0) is 6.18 Å². The van der Waals surface area contributed by atoms with E-state index in [-0.39, 0.29) is 22.4 Å². The third-order valence-electron chi connectivity index (χ3n) is 14.5. The molecule has 354 valence electrons. The minimum Gasteiger partial charge on any atom is -0.309 e. The third kappa shape index (κ3) is 7.78. The maximum Gasteiger partial charge on any atom is 0.415 e. The SMILES string of the molecule is [C-]#[N+]c1cccc(C(F)(F)F)c1-c1c(-n2c3cc(-c4ccc(C)cc4)ccc3c3ccc(-c4ccc(C)cc4)cc32)cc(C#N)cc1-n1c2cc(-c3ccc(C)cc3)ccc2c2ccc(-c3ccc(C)cc3)cc21. The maximum absolute atomic E-state index is 16.1. The van der Waals surface area contributed by atoms with Crippen molar-refractivity contribution in [1.29, 1.82) is 5.26 Å². The van der Waals surface area contributed by atoms with Crippen LogP contribution in [0.1, 0.15) is 33.4 Å². The van der Waals surface area contributed by atoms with Gasteiger partial charge < -0.3 is 9.13 Å². The molecule has 0 amide bonds. The number of benzene rings is 10. The quantitative estimate of drug-likeness (QED) is 0.147. The van der Waals surface area contributed by atoms with Gasteiger partial charge in [0.1, 0.15) is 0 Å². The summed E-state index contributed by atoms with van der Waals surface area (Å²) >= 11 is 0. The molecule has 74 heavy (non-hydrogen) atoms. The Bertz CT molecular complexity index is 3870. The second kappa shape index (κ2) is 17.7. The van der Waals surface area contributed by atoms with E-state index in [1.54, 1.807) is 12.1 Å². The van der Waals surface area contributed by atoms with Gasteiger partial charge in [-0.25, -0.2) is 4.85 Å². The van der Waals surface area contributed by atoms with Crippen molar-refractivity contribution >= 4 is 49.3 Å². The molecule has 0 spiro atoms. The van der Waals surface area contributed by atoms with Crippen molar-refractivity contribution in [3.63, 3.8) is 0 Å². The average molecular weight is 963 g/mol. The topological polar surface area (TPSA) is 38.0 Å². The highest BCUT2D eigenvalue weighted by Gasteiger charge is 2.37. The largest absolute Gasteiger partial charge is 0.415 e. The molecular formula is C67H45F3N4. The molecule has 0 fully saturated rings. The molecule has 12 aromatic rings. The lowest BCUT2D eigenvalue weighted by molar-refractivity contribution is -0.137. The molecule has 12 rings (SSSR count). The van der Waals surface area contributed by atoms with E-state index in [0.717, 1.165) is 116 Å². The van der Waals surface area contributed by atoms with Gasteiger partial charge in [-0.15, -0.1) is 0 Å². The molecule has 4 nitrogen and oxygen atoms in total. The molecular weight excluding hydrogens is 918 g/mol. The number of hydrogen-bond donors (Lipinski definition) is 0. The Hall–Kier alpha value is -9.43. The minimum atomic E-state index is -4.88. The number of rotatable bonds is 7. The van der Waals surface area contributed by atoms with Crippen LogP contribution in [0, 0.1) is 45.6 Å². The van der Waals surface area contributed by atoms with E-state index in [1.165, 1.54) is 12.1 Å². The number of fused-ring (bicyclic) bond motifs is 6. The molecule has 7 heteroatoms. The molecule has 0 aliphatic carbocycles. The van der Waals surface area contributed by atoms with Crippen LogP contribution in [-0.4, -0.2) is 9.13 Å². The standard InChI is InChI=1S/C67H45F3N4/c1-40-9-17-45(18-10-40)49-25-29-53-54-30-26-50(46-19-11-41(2)12-20-46)36-60(54)73(59(53)35-49)63-33-44(39-71)34-64(66(63)65-57(67(68,69)70)7-6-8-58(65)72-5)74-61-37-51(47-21-13-42(3)14-22-47)27-31-55(61)56-32-28-52(38-62(56)74)48-23-15-43(4)16-24-48/h6-38H,1-4H3. The first-order valence-electron chi connectivity index (χ1n) is 24.5. The molecule has 0 atom stereocenters. The summed E-state index contributed by atoms with van der Waals surface area (Å²) in [5.74, 6) is 0. The number of aryl methyl sites for hydroxylation is 4. The van der Waals surface area contributed by atoms with Crippen LogP contribution in [0.4, 0.5) is 18.9 Å². The number of halogens is 3. The minimum absolute atomic E-state index is 0.156. The van der Waals surface area contributed by atoms with Crippen LogP contribution in [0.15, 0.2) is 200 Å². The van der Waals surface area contributed by atoms with Gasteiger partial charge in [0.2, 0.25) is 0 Å². The summed E-state index contributed by atoms with van der Waals surface area (Å²) in [6.07, 6.45) is -4.88. The number of nitriles is 1. The Kier molecular flexibility index (Phi) is 10.9. The van der Waals surface area contributed by atoms with Gasteiger partial charge in [-0.2, -0.15) is 18.4 Å². The molecule has 0 saturated heterocycles. The first kappa shape index (κ1) is 45.7. The number of alkyl halides is 3. The first-order chi connectivity index (χ1) is 35.8. The van der Waals surface area contributed by atoms with Crippen molar-refractivity contribution in [2.45, 2.75) is 33.9 Å². The summed E-state index contributed by atoms with van der Waals surface area (Å²) in [6, 6.07) is 67.6.